The second-order valence-electron chi connectivity index (χ2n) is 3.69. The third-order valence-electron chi connectivity index (χ3n) is 2.59. The Hall–Kier alpha value is -0.150. The van der Waals surface area contributed by atoms with Crippen LogP contribution in [0.2, 0.25) is 0 Å². The van der Waals surface area contributed by atoms with E-state index < -0.39 is 0 Å². The summed E-state index contributed by atoms with van der Waals surface area (Å²) in [7, 11) is 0. The third-order valence-corrected chi connectivity index (χ3v) is 2.59. The van der Waals surface area contributed by atoms with Crippen LogP contribution >= 0.6 is 0 Å². The molecule has 0 heterocycles. The molecular formula is C9H18FNO. The summed E-state index contributed by atoms with van der Waals surface area (Å²) in [6, 6.07) is 0. The Morgan fingerprint density at radius 1 is 1.42 bits per heavy atom. The van der Waals surface area contributed by atoms with Gasteiger partial charge in [-0.3, -0.25) is 4.39 Å². The van der Waals surface area contributed by atoms with E-state index in [0.717, 1.165) is 19.5 Å². The van der Waals surface area contributed by atoms with Crippen molar-refractivity contribution in [3.63, 3.8) is 0 Å². The highest BCUT2D eigenvalue weighted by Crippen LogP contribution is 2.47. The van der Waals surface area contributed by atoms with E-state index in [2.05, 4.69) is 5.32 Å². The van der Waals surface area contributed by atoms with Gasteiger partial charge >= 0.3 is 0 Å². The van der Waals surface area contributed by atoms with Crippen molar-refractivity contribution >= 4 is 0 Å². The molecule has 1 aliphatic rings. The number of alkyl halides is 1. The van der Waals surface area contributed by atoms with Crippen molar-refractivity contribution in [3.8, 4) is 0 Å². The molecule has 0 aromatic carbocycles. The molecule has 2 N–H and O–H groups in total. The zero-order chi connectivity index (χ0) is 8.86. The molecule has 2 nitrogen and oxygen atoms in total. The maximum absolute atomic E-state index is 11.7. The maximum Gasteiger partial charge on any atom is 0.0906 e. The van der Waals surface area contributed by atoms with Crippen molar-refractivity contribution in [3.05, 3.63) is 0 Å². The van der Waals surface area contributed by atoms with E-state index in [1.165, 1.54) is 12.8 Å². The Labute approximate surface area is 73.2 Å². The van der Waals surface area contributed by atoms with Crippen LogP contribution in [0.15, 0.2) is 0 Å². The standard InChI is InChI=1S/C9H18FNO/c10-5-1-6-11-8-9(2-3-9)4-7-12/h11-12H,1-8H2. The first-order chi connectivity index (χ1) is 5.83. The predicted octanol–water partition coefficient (Wildman–Crippen LogP) is 1.10. The highest BCUT2D eigenvalue weighted by Gasteiger charge is 2.40. The van der Waals surface area contributed by atoms with Gasteiger partial charge in [0.25, 0.3) is 0 Å². The Morgan fingerprint density at radius 2 is 2.17 bits per heavy atom. The zero-order valence-electron chi connectivity index (χ0n) is 7.48. The second kappa shape index (κ2) is 4.77. The molecule has 1 rings (SSSR count). The minimum Gasteiger partial charge on any atom is -0.396 e. The lowest BCUT2D eigenvalue weighted by Crippen LogP contribution is -2.25. The van der Waals surface area contributed by atoms with E-state index in [4.69, 9.17) is 5.11 Å². The fraction of sp³-hybridized carbons (Fsp3) is 1.00. The van der Waals surface area contributed by atoms with Crippen LogP contribution < -0.4 is 5.32 Å². The van der Waals surface area contributed by atoms with Gasteiger partial charge in [0.2, 0.25) is 0 Å². The molecule has 1 saturated carbocycles. The molecule has 1 fully saturated rings. The normalized spacial score (nSPS) is 19.5. The largest absolute Gasteiger partial charge is 0.396 e. The molecule has 72 valence electrons. The zero-order valence-corrected chi connectivity index (χ0v) is 7.48. The Bertz CT molecular complexity index is 126. The molecule has 0 aromatic heterocycles. The highest BCUT2D eigenvalue weighted by atomic mass is 19.1. The highest BCUT2D eigenvalue weighted by molar-refractivity contribution is 4.94. The van der Waals surface area contributed by atoms with Crippen LogP contribution in [0.3, 0.4) is 0 Å². The molecule has 1 aliphatic carbocycles. The molecule has 0 atom stereocenters. The lowest BCUT2D eigenvalue weighted by atomic mass is 10.0. The summed E-state index contributed by atoms with van der Waals surface area (Å²) in [6.45, 7) is 1.77. The molecule has 12 heavy (non-hydrogen) atoms. The first-order valence-electron chi connectivity index (χ1n) is 4.70. The topological polar surface area (TPSA) is 32.3 Å². The van der Waals surface area contributed by atoms with Crippen molar-refractivity contribution in [2.75, 3.05) is 26.4 Å². The van der Waals surface area contributed by atoms with Crippen molar-refractivity contribution in [1.29, 1.82) is 0 Å². The van der Waals surface area contributed by atoms with Gasteiger partial charge in [0, 0.05) is 13.2 Å². The fourth-order valence-electron chi connectivity index (χ4n) is 1.47. The lowest BCUT2D eigenvalue weighted by Gasteiger charge is -2.13. The van der Waals surface area contributed by atoms with E-state index >= 15 is 0 Å². The van der Waals surface area contributed by atoms with E-state index in [1.54, 1.807) is 0 Å². The first kappa shape index (κ1) is 9.93. The van der Waals surface area contributed by atoms with Crippen molar-refractivity contribution < 1.29 is 9.50 Å². The smallest absolute Gasteiger partial charge is 0.0906 e. The summed E-state index contributed by atoms with van der Waals surface area (Å²) in [4.78, 5) is 0. The van der Waals surface area contributed by atoms with E-state index in [9.17, 15) is 4.39 Å². The summed E-state index contributed by atoms with van der Waals surface area (Å²) >= 11 is 0. The first-order valence-corrected chi connectivity index (χ1v) is 4.70. The monoisotopic (exact) mass is 175 g/mol. The number of hydrogen-bond donors (Lipinski definition) is 2. The summed E-state index contributed by atoms with van der Waals surface area (Å²) in [5.41, 5.74) is 0.366. The number of nitrogens with one attached hydrogen (secondary N) is 1. The van der Waals surface area contributed by atoms with Gasteiger partial charge in [0.15, 0.2) is 0 Å². The van der Waals surface area contributed by atoms with Crippen molar-refractivity contribution in [2.24, 2.45) is 5.41 Å². The van der Waals surface area contributed by atoms with Crippen LogP contribution in [-0.2, 0) is 0 Å². The van der Waals surface area contributed by atoms with Crippen molar-refractivity contribution in [1.82, 2.24) is 5.32 Å². The molecule has 0 bridgehead atoms. The van der Waals surface area contributed by atoms with Crippen LogP contribution in [0.25, 0.3) is 0 Å². The molecule has 0 unspecified atom stereocenters. The van der Waals surface area contributed by atoms with Gasteiger partial charge in [-0.05, 0) is 37.6 Å². The quantitative estimate of drug-likeness (QED) is 0.568. The number of halogens is 1. The molecule has 0 amide bonds. The predicted molar refractivity (Wildman–Crippen MR) is 46.8 cm³/mol. The molecule has 0 radical (unpaired) electrons. The molecule has 3 heteroatoms. The van der Waals surface area contributed by atoms with E-state index in [-0.39, 0.29) is 13.3 Å². The van der Waals surface area contributed by atoms with Crippen LogP contribution in [-0.4, -0.2) is 31.5 Å². The average Bonchev–Trinajstić information content (AvgIpc) is 2.81. The molecule has 0 aromatic rings. The van der Waals surface area contributed by atoms with Crippen LogP contribution in [0.4, 0.5) is 4.39 Å². The van der Waals surface area contributed by atoms with Gasteiger partial charge < -0.3 is 10.4 Å². The Morgan fingerprint density at radius 3 is 2.67 bits per heavy atom. The number of hydrogen-bond acceptors (Lipinski definition) is 2. The number of aliphatic hydroxyl groups is 1. The van der Waals surface area contributed by atoms with Gasteiger partial charge in [-0.1, -0.05) is 0 Å². The third kappa shape index (κ3) is 3.07. The van der Waals surface area contributed by atoms with Crippen LogP contribution in [0.5, 0.6) is 0 Å². The number of aliphatic hydroxyl groups excluding tert-OH is 1. The summed E-state index contributed by atoms with van der Waals surface area (Å²) in [5.74, 6) is 0. The van der Waals surface area contributed by atoms with Crippen LogP contribution in [0, 0.1) is 5.41 Å². The Balaban J connectivity index is 1.98. The molecular weight excluding hydrogens is 157 g/mol. The van der Waals surface area contributed by atoms with Crippen molar-refractivity contribution in [2.45, 2.75) is 25.7 Å². The van der Waals surface area contributed by atoms with Gasteiger partial charge in [-0.15, -0.1) is 0 Å². The summed E-state index contributed by atoms with van der Waals surface area (Å²) in [6.07, 6.45) is 3.94. The summed E-state index contributed by atoms with van der Waals surface area (Å²) < 4.78 is 11.7. The molecule has 0 saturated heterocycles. The summed E-state index contributed by atoms with van der Waals surface area (Å²) in [5, 5.41) is 12.0. The Kier molecular flexibility index (Phi) is 3.95. The van der Waals surface area contributed by atoms with E-state index in [1.807, 2.05) is 0 Å². The molecule has 0 spiro atoms. The van der Waals surface area contributed by atoms with E-state index in [0.29, 0.717) is 11.8 Å². The van der Waals surface area contributed by atoms with Gasteiger partial charge in [-0.25, -0.2) is 0 Å². The second-order valence-corrected chi connectivity index (χ2v) is 3.69. The lowest BCUT2D eigenvalue weighted by molar-refractivity contribution is 0.245. The van der Waals surface area contributed by atoms with Gasteiger partial charge in [0.05, 0.1) is 6.67 Å². The maximum atomic E-state index is 11.7. The number of rotatable bonds is 7. The minimum atomic E-state index is -0.236. The van der Waals surface area contributed by atoms with Gasteiger partial charge in [0.1, 0.15) is 0 Å². The average molecular weight is 175 g/mol. The fourth-order valence-corrected chi connectivity index (χ4v) is 1.47. The van der Waals surface area contributed by atoms with Gasteiger partial charge in [-0.2, -0.15) is 0 Å². The SMILES string of the molecule is OCCC1(CNCCCF)CC1. The molecule has 0 aliphatic heterocycles. The minimum absolute atomic E-state index is 0.236. The van der Waals surface area contributed by atoms with Crippen LogP contribution in [0.1, 0.15) is 25.7 Å².